The first-order chi connectivity index (χ1) is 52.1. The van der Waals surface area contributed by atoms with Gasteiger partial charge in [-0.2, -0.15) is 0 Å². The standard InChI is InChI=1S/C62H98N20O26S2/c1-21-36(79-51(81-49(21)67)26(12-33(65)87)73-14-25(64)50(68)96)53(98)80-38(46(27-15-71-20-74-27)105-61-48(42(92)39(89)31(16-83)104-61)106-60-44(94)47(107-62(69)101)40(90)32(17-84)103-60)55(100)75-22(2)30(86)13-34(88)78-37(23(3)85)54(99)82-56(108-59-43(93)41(91)35(66)24(4)102-59)45(95)58-77-29(19-110-58)57-76-28(18-109-57)52(97)72-11-7-10-70-9-6-5-8-63/h15,18-20,22-26,30-32,35,37-48,56,59-61,70,73,83-86,89-95H,5-14,16-17,63-64,66H2,1-4H3,(H2,65,87)(H2,68,96)(H2,69,101)(H,71,74)(H,72,97)(H,75,100)(H,78,88)(H,80,98)(H,82,99)(H2,67,79,81)/t22-,23-,24+,25-,26+,30+,31+,32-,35-,37-,38+,39+,40-,41-,42-,43-,44+,45?,46?,47-,48+,56?,59+,60-,61+/m1/s1. The van der Waals surface area contributed by atoms with E-state index in [2.05, 4.69) is 67.1 Å². The van der Waals surface area contributed by atoms with E-state index in [0.29, 0.717) is 26.1 Å². The average molecular weight is 1600 g/mol. The van der Waals surface area contributed by atoms with Crippen LogP contribution in [-0.2, 0) is 57.1 Å². The molecule has 7 rings (SSSR count). The quantitative estimate of drug-likeness (QED) is 0.0145. The van der Waals surface area contributed by atoms with Crippen molar-refractivity contribution >= 4 is 75.9 Å². The predicted molar refractivity (Wildman–Crippen MR) is 377 cm³/mol. The summed E-state index contributed by atoms with van der Waals surface area (Å²) in [4.78, 5) is 132. The number of nitrogens with two attached hydrogens (primary N) is 7. The second kappa shape index (κ2) is 41.5. The largest absolute Gasteiger partial charge is 0.441 e. The molecule has 4 aromatic rings. The number of ether oxygens (including phenoxy) is 7. The van der Waals surface area contributed by atoms with Gasteiger partial charge >= 0.3 is 6.09 Å². The monoisotopic (exact) mass is 1600 g/mol. The molecule has 3 aliphatic rings. The van der Waals surface area contributed by atoms with Gasteiger partial charge in [0.15, 0.2) is 37.3 Å². The van der Waals surface area contributed by atoms with Crippen LogP contribution in [0.25, 0.3) is 10.7 Å². The van der Waals surface area contributed by atoms with Crippen LogP contribution in [0.5, 0.6) is 0 Å². The normalized spacial score (nSPS) is 26.9. The number of anilines is 1. The Morgan fingerprint density at radius 2 is 1.40 bits per heavy atom. The number of carbonyl (C=O) groups excluding carboxylic acids is 8. The molecule has 614 valence electrons. The summed E-state index contributed by atoms with van der Waals surface area (Å²) in [7, 11) is 0. The minimum Gasteiger partial charge on any atom is -0.441 e. The molecule has 110 heavy (non-hydrogen) atoms. The molecule has 0 spiro atoms. The lowest BCUT2D eigenvalue weighted by Crippen LogP contribution is -2.65. The number of amides is 8. The maximum atomic E-state index is 15.3. The Labute approximate surface area is 634 Å². The molecule has 3 fully saturated rings. The number of nitrogen functional groups attached to an aromatic ring is 1. The number of nitrogens with one attached hydrogen (secondary N) is 8. The van der Waals surface area contributed by atoms with Crippen molar-refractivity contribution < 1.29 is 128 Å². The van der Waals surface area contributed by atoms with Gasteiger partial charge < -0.3 is 172 Å². The van der Waals surface area contributed by atoms with Gasteiger partial charge in [-0.15, -0.1) is 22.7 Å². The summed E-state index contributed by atoms with van der Waals surface area (Å²) in [6.45, 7) is 4.85. The van der Waals surface area contributed by atoms with Crippen molar-refractivity contribution in [1.82, 2.24) is 67.1 Å². The van der Waals surface area contributed by atoms with Crippen LogP contribution in [0.15, 0.2) is 23.3 Å². The Kier molecular flexibility index (Phi) is 33.7. The molecular weight excluding hydrogens is 1500 g/mol. The molecule has 3 saturated heterocycles. The van der Waals surface area contributed by atoms with Gasteiger partial charge in [0.25, 0.3) is 11.8 Å². The van der Waals surface area contributed by atoms with Gasteiger partial charge in [-0.05, 0) is 66.6 Å². The van der Waals surface area contributed by atoms with E-state index >= 15 is 9.59 Å². The number of aromatic nitrogens is 6. The van der Waals surface area contributed by atoms with Crippen LogP contribution in [0.4, 0.5) is 10.6 Å². The number of carbonyl (C=O) groups is 8. The Balaban J connectivity index is 1.16. The van der Waals surface area contributed by atoms with Crippen LogP contribution in [0.2, 0.25) is 0 Å². The number of thiazole rings is 2. The van der Waals surface area contributed by atoms with Crippen LogP contribution in [-0.4, -0.2) is 314 Å². The molecule has 0 aliphatic carbocycles. The number of aliphatic hydroxyl groups is 11. The first-order valence-corrected chi connectivity index (χ1v) is 36.3. The van der Waals surface area contributed by atoms with E-state index in [1.54, 1.807) is 0 Å². The molecule has 0 aromatic carbocycles. The third-order valence-corrected chi connectivity index (χ3v) is 19.6. The molecule has 8 amide bonds. The number of H-pyrrole nitrogens is 1. The molecule has 0 saturated carbocycles. The number of rotatable bonds is 41. The summed E-state index contributed by atoms with van der Waals surface area (Å²) < 4.78 is 40.4. The zero-order valence-corrected chi connectivity index (χ0v) is 61.5. The van der Waals surface area contributed by atoms with Gasteiger partial charge in [0.1, 0.15) is 112 Å². The molecule has 0 radical (unpaired) electrons. The second-order valence-electron chi connectivity index (χ2n) is 26.1. The fourth-order valence-electron chi connectivity index (χ4n) is 11.4. The van der Waals surface area contributed by atoms with Crippen LogP contribution in [0, 0.1) is 6.92 Å². The summed E-state index contributed by atoms with van der Waals surface area (Å²) >= 11 is 1.90. The van der Waals surface area contributed by atoms with Crippen LogP contribution in [0.3, 0.4) is 0 Å². The SMILES string of the molecule is Cc1c(N)nc([C@H](CC(N)=O)NC[C@@H](N)C(N)=O)nc1C(=O)N[C@H](C(=O)N[C@H](C)[C@@H](O)CC(=O)N[C@@H](C(=O)NC(O[C@@H]1O[C@@H](C)[C@@H](N)[C@@H](O)[C@H]1O)C(O)c1nc(-c2nc(C(=O)NCCCNCCCCN)cs2)cs1)[C@@H](C)O)C(O[C@@H]1O[C@@H](CO)[C@H](O)[C@@H](O)[C@@H]1O[C@H]1O[C@H](CO)[C@@H](O)[C@@H](OC(N)=O)[C@@H]1O)c1cnc[nH]1. The lowest BCUT2D eigenvalue weighted by molar-refractivity contribution is -0.372. The number of aliphatic hydroxyl groups excluding tert-OH is 11. The highest BCUT2D eigenvalue weighted by molar-refractivity contribution is 7.14. The summed E-state index contributed by atoms with van der Waals surface area (Å²) in [5, 5.41) is 144. The number of aromatic amines is 1. The van der Waals surface area contributed by atoms with Crippen molar-refractivity contribution in [2.75, 3.05) is 51.7 Å². The summed E-state index contributed by atoms with van der Waals surface area (Å²) in [5.74, 6) is -8.29. The molecule has 25 atom stereocenters. The van der Waals surface area contributed by atoms with E-state index in [4.69, 9.17) is 73.3 Å². The van der Waals surface area contributed by atoms with Crippen LogP contribution in [0.1, 0.15) is 114 Å². The van der Waals surface area contributed by atoms with Gasteiger partial charge in [-0.25, -0.2) is 29.7 Å². The number of primary amides is 3. The first kappa shape index (κ1) is 89.2. The van der Waals surface area contributed by atoms with Crippen molar-refractivity contribution in [2.24, 2.45) is 34.4 Å². The minimum absolute atomic E-state index is 0.0775. The molecule has 33 N–H and O–H groups in total. The first-order valence-electron chi connectivity index (χ1n) is 34.6. The average Bonchev–Trinajstić information content (AvgIpc) is 0.812. The summed E-state index contributed by atoms with van der Waals surface area (Å²) in [5.41, 5.74) is 39.0. The van der Waals surface area contributed by atoms with Crippen LogP contribution < -0.4 is 77.4 Å². The topological polar surface area (TPSA) is 770 Å². The van der Waals surface area contributed by atoms with Gasteiger partial charge in [-0.3, -0.25) is 33.6 Å². The van der Waals surface area contributed by atoms with Gasteiger partial charge in [0, 0.05) is 35.8 Å². The van der Waals surface area contributed by atoms with Crippen molar-refractivity contribution in [3.05, 3.63) is 56.8 Å². The zero-order valence-electron chi connectivity index (χ0n) is 59.9. The highest BCUT2D eigenvalue weighted by Gasteiger charge is 2.54. The van der Waals surface area contributed by atoms with Crippen molar-refractivity contribution in [1.29, 1.82) is 0 Å². The molecule has 4 aromatic heterocycles. The Bertz CT molecular complexity index is 3690. The highest BCUT2D eigenvalue weighted by Crippen LogP contribution is 2.36. The molecule has 3 unspecified atom stereocenters. The number of hydrogen-bond acceptors (Lipinski definition) is 39. The number of hydrogen-bond donors (Lipinski definition) is 26. The third-order valence-electron chi connectivity index (χ3n) is 17.8. The molecule has 48 heteroatoms. The molecular formula is C62H98N20O26S2. The van der Waals surface area contributed by atoms with E-state index in [1.807, 2.05) is 0 Å². The minimum atomic E-state index is -2.26. The van der Waals surface area contributed by atoms with E-state index in [0.717, 1.165) is 68.4 Å². The van der Waals surface area contributed by atoms with E-state index < -0.39 is 250 Å². The number of imidazole rings is 1. The van der Waals surface area contributed by atoms with Crippen molar-refractivity contribution in [2.45, 2.75) is 213 Å². The third kappa shape index (κ3) is 23.6. The van der Waals surface area contributed by atoms with E-state index in [9.17, 15) is 84.9 Å². The maximum Gasteiger partial charge on any atom is 0.404 e. The lowest BCUT2D eigenvalue weighted by Gasteiger charge is -2.47. The second-order valence-corrected chi connectivity index (χ2v) is 27.9. The van der Waals surface area contributed by atoms with E-state index in [-0.39, 0.29) is 32.7 Å². The van der Waals surface area contributed by atoms with E-state index in [1.165, 1.54) is 24.6 Å². The molecule has 0 bridgehead atoms. The van der Waals surface area contributed by atoms with Gasteiger partial charge in [-0.1, -0.05) is 0 Å². The summed E-state index contributed by atoms with van der Waals surface area (Å²) in [6.07, 6.45) is -35.3. The Hall–Kier alpha value is -7.97. The highest BCUT2D eigenvalue weighted by atomic mass is 32.1. The molecule has 3 aliphatic heterocycles. The fraction of sp³-hybridized carbons (Fsp3) is 0.661. The predicted octanol–water partition coefficient (Wildman–Crippen LogP) is -10.9. The zero-order chi connectivity index (χ0) is 81.1. The lowest BCUT2D eigenvalue weighted by atomic mass is 9.97. The van der Waals surface area contributed by atoms with Crippen LogP contribution >= 0.6 is 22.7 Å². The van der Waals surface area contributed by atoms with Gasteiger partial charge in [0.05, 0.1) is 80.3 Å². The fourth-order valence-corrected chi connectivity index (χ4v) is 13.0. The Morgan fingerprint density at radius 3 is 2.05 bits per heavy atom. The maximum absolute atomic E-state index is 15.3. The summed E-state index contributed by atoms with van der Waals surface area (Å²) in [6, 6.07) is -9.66. The van der Waals surface area contributed by atoms with Gasteiger partial charge in [0.2, 0.25) is 29.5 Å². The molecule has 7 heterocycles. The smallest absolute Gasteiger partial charge is 0.404 e. The van der Waals surface area contributed by atoms with Crippen molar-refractivity contribution in [3.8, 4) is 10.7 Å². The Morgan fingerprint density at radius 1 is 0.718 bits per heavy atom. The number of unbranched alkanes of at least 4 members (excludes halogenated alkanes) is 1. The van der Waals surface area contributed by atoms with Crippen molar-refractivity contribution in [3.63, 3.8) is 0 Å². The number of nitrogens with zero attached hydrogens (tertiary/aromatic N) is 5. The molecule has 46 nitrogen and oxygen atoms in total.